The SMILES string of the molecule is COC(=O)[C@@H](N)Cc1cn(Cc2cccc(OC)c2)cn1.Cl.Cl. The molecule has 0 fully saturated rings. The van der Waals surface area contributed by atoms with Crippen molar-refractivity contribution in [1.29, 1.82) is 0 Å². The second-order valence-electron chi connectivity index (χ2n) is 4.72. The van der Waals surface area contributed by atoms with Crippen molar-refractivity contribution in [1.82, 2.24) is 9.55 Å². The highest BCUT2D eigenvalue weighted by atomic mass is 35.5. The molecule has 0 saturated carbocycles. The summed E-state index contributed by atoms with van der Waals surface area (Å²) >= 11 is 0. The fourth-order valence-corrected chi connectivity index (χ4v) is 2.04. The number of esters is 1. The molecular formula is C15H21Cl2N3O3. The van der Waals surface area contributed by atoms with E-state index in [0.717, 1.165) is 17.0 Å². The number of carbonyl (C=O) groups is 1. The number of nitrogens with two attached hydrogens (primary N) is 1. The van der Waals surface area contributed by atoms with Crippen molar-refractivity contribution in [3.63, 3.8) is 0 Å². The van der Waals surface area contributed by atoms with Crippen LogP contribution in [0.5, 0.6) is 5.75 Å². The van der Waals surface area contributed by atoms with Crippen molar-refractivity contribution in [2.75, 3.05) is 14.2 Å². The number of carbonyl (C=O) groups excluding carboxylic acids is 1. The first-order valence-electron chi connectivity index (χ1n) is 6.59. The highest BCUT2D eigenvalue weighted by Crippen LogP contribution is 2.14. The molecule has 6 nitrogen and oxygen atoms in total. The van der Waals surface area contributed by atoms with Gasteiger partial charge in [-0.1, -0.05) is 12.1 Å². The van der Waals surface area contributed by atoms with Gasteiger partial charge >= 0.3 is 5.97 Å². The molecule has 2 aromatic rings. The molecule has 0 aliphatic heterocycles. The van der Waals surface area contributed by atoms with E-state index in [9.17, 15) is 4.79 Å². The average molecular weight is 362 g/mol. The van der Waals surface area contributed by atoms with Gasteiger partial charge in [0.25, 0.3) is 0 Å². The van der Waals surface area contributed by atoms with Crippen LogP contribution in [0.15, 0.2) is 36.8 Å². The summed E-state index contributed by atoms with van der Waals surface area (Å²) < 4.78 is 11.7. The van der Waals surface area contributed by atoms with Gasteiger partial charge in [-0.2, -0.15) is 0 Å². The maximum absolute atomic E-state index is 11.3. The van der Waals surface area contributed by atoms with Gasteiger partial charge in [-0.3, -0.25) is 4.79 Å². The molecule has 8 heteroatoms. The Morgan fingerprint density at radius 3 is 2.74 bits per heavy atom. The number of benzene rings is 1. The Hall–Kier alpha value is -1.76. The van der Waals surface area contributed by atoms with E-state index in [0.29, 0.717) is 13.0 Å². The summed E-state index contributed by atoms with van der Waals surface area (Å²) in [7, 11) is 2.96. The number of hydrogen-bond donors (Lipinski definition) is 1. The van der Waals surface area contributed by atoms with Gasteiger partial charge in [-0.15, -0.1) is 24.8 Å². The first-order valence-corrected chi connectivity index (χ1v) is 6.59. The maximum atomic E-state index is 11.3. The largest absolute Gasteiger partial charge is 0.497 e. The van der Waals surface area contributed by atoms with Gasteiger partial charge in [-0.05, 0) is 17.7 Å². The zero-order valence-corrected chi connectivity index (χ0v) is 14.6. The van der Waals surface area contributed by atoms with Gasteiger partial charge in [0.2, 0.25) is 0 Å². The van der Waals surface area contributed by atoms with E-state index in [2.05, 4.69) is 9.72 Å². The second kappa shape index (κ2) is 10.1. The minimum Gasteiger partial charge on any atom is -0.497 e. The molecule has 0 spiro atoms. The summed E-state index contributed by atoms with van der Waals surface area (Å²) in [5, 5.41) is 0. The first kappa shape index (κ1) is 21.2. The molecule has 0 aliphatic rings. The highest BCUT2D eigenvalue weighted by molar-refractivity contribution is 5.85. The van der Waals surface area contributed by atoms with Crippen LogP contribution in [0.2, 0.25) is 0 Å². The third kappa shape index (κ3) is 6.09. The van der Waals surface area contributed by atoms with Gasteiger partial charge < -0.3 is 19.8 Å². The molecule has 1 heterocycles. The molecule has 2 rings (SSSR count). The Bertz CT molecular complexity index is 620. The minimum atomic E-state index is -0.685. The molecule has 0 amide bonds. The summed E-state index contributed by atoms with van der Waals surface area (Å²) in [6.07, 6.45) is 3.96. The average Bonchev–Trinajstić information content (AvgIpc) is 2.93. The number of ether oxygens (including phenoxy) is 2. The Labute approximate surface area is 147 Å². The molecule has 0 radical (unpaired) electrons. The summed E-state index contributed by atoms with van der Waals surface area (Å²) in [4.78, 5) is 15.5. The van der Waals surface area contributed by atoms with E-state index in [4.69, 9.17) is 10.5 Å². The Morgan fingerprint density at radius 1 is 1.35 bits per heavy atom. The molecule has 2 N–H and O–H groups in total. The lowest BCUT2D eigenvalue weighted by Gasteiger charge is -2.07. The molecular weight excluding hydrogens is 341 g/mol. The molecule has 1 atom stereocenters. The number of aromatic nitrogens is 2. The Morgan fingerprint density at radius 2 is 2.09 bits per heavy atom. The van der Waals surface area contributed by atoms with Crippen LogP contribution < -0.4 is 10.5 Å². The van der Waals surface area contributed by atoms with E-state index in [-0.39, 0.29) is 24.8 Å². The third-order valence-electron chi connectivity index (χ3n) is 3.12. The fraction of sp³-hybridized carbons (Fsp3) is 0.333. The van der Waals surface area contributed by atoms with Gasteiger partial charge in [-0.25, -0.2) is 4.98 Å². The molecule has 0 aliphatic carbocycles. The molecule has 0 saturated heterocycles. The zero-order chi connectivity index (χ0) is 15.2. The fourth-order valence-electron chi connectivity index (χ4n) is 2.04. The Balaban J connectivity index is 0.00000242. The second-order valence-corrected chi connectivity index (χ2v) is 4.72. The summed E-state index contributed by atoms with van der Waals surface area (Å²) in [6.45, 7) is 0.678. The number of hydrogen-bond acceptors (Lipinski definition) is 5. The molecule has 1 aromatic heterocycles. The van der Waals surface area contributed by atoms with Crippen LogP contribution in [-0.4, -0.2) is 35.8 Å². The van der Waals surface area contributed by atoms with Gasteiger partial charge in [0.15, 0.2) is 0 Å². The van der Waals surface area contributed by atoms with Crippen molar-refractivity contribution in [3.8, 4) is 5.75 Å². The van der Waals surface area contributed by atoms with E-state index >= 15 is 0 Å². The standard InChI is InChI=1S/C15H19N3O3.2ClH/c1-20-13-5-3-4-11(6-13)8-18-9-12(17-10-18)7-14(16)15(19)21-2;;/h3-6,9-10,14H,7-8,16H2,1-2H3;2*1H/t14-;;/m0../s1. The predicted molar refractivity (Wildman–Crippen MR) is 92.5 cm³/mol. The lowest BCUT2D eigenvalue weighted by atomic mass is 10.2. The van der Waals surface area contributed by atoms with Crippen molar-refractivity contribution in [2.45, 2.75) is 19.0 Å². The van der Waals surface area contributed by atoms with Crippen LogP contribution in [0.1, 0.15) is 11.3 Å². The van der Waals surface area contributed by atoms with Crippen LogP contribution in [0, 0.1) is 0 Å². The van der Waals surface area contributed by atoms with Gasteiger partial charge in [0, 0.05) is 19.2 Å². The molecule has 0 unspecified atom stereocenters. The monoisotopic (exact) mass is 361 g/mol. The lowest BCUT2D eigenvalue weighted by molar-refractivity contribution is -0.142. The number of nitrogens with zero attached hydrogens (tertiary/aromatic N) is 2. The molecule has 1 aromatic carbocycles. The van der Waals surface area contributed by atoms with E-state index in [1.165, 1.54) is 7.11 Å². The smallest absolute Gasteiger partial charge is 0.323 e. The van der Waals surface area contributed by atoms with Crippen molar-refractivity contribution in [2.24, 2.45) is 5.73 Å². The summed E-state index contributed by atoms with van der Waals surface area (Å²) in [6, 6.07) is 7.15. The number of imidazole rings is 1. The van der Waals surface area contributed by atoms with E-state index in [1.54, 1.807) is 13.4 Å². The number of methoxy groups -OCH3 is 2. The Kier molecular flexibility index (Phi) is 9.32. The predicted octanol–water partition coefficient (Wildman–Crippen LogP) is 1.83. The number of halogens is 2. The van der Waals surface area contributed by atoms with E-state index < -0.39 is 12.0 Å². The lowest BCUT2D eigenvalue weighted by Crippen LogP contribution is -2.33. The van der Waals surface area contributed by atoms with Crippen LogP contribution in [0.3, 0.4) is 0 Å². The highest BCUT2D eigenvalue weighted by Gasteiger charge is 2.15. The first-order chi connectivity index (χ1) is 10.1. The van der Waals surface area contributed by atoms with Crippen LogP contribution in [0.4, 0.5) is 0 Å². The summed E-state index contributed by atoms with van der Waals surface area (Å²) in [5.74, 6) is 0.387. The quantitative estimate of drug-likeness (QED) is 0.793. The van der Waals surface area contributed by atoms with Gasteiger partial charge in [0.1, 0.15) is 11.8 Å². The van der Waals surface area contributed by atoms with Crippen LogP contribution >= 0.6 is 24.8 Å². The topological polar surface area (TPSA) is 79.4 Å². The molecule has 128 valence electrons. The van der Waals surface area contributed by atoms with E-state index in [1.807, 2.05) is 35.0 Å². The third-order valence-corrected chi connectivity index (χ3v) is 3.12. The molecule has 0 bridgehead atoms. The van der Waals surface area contributed by atoms with Crippen LogP contribution in [0.25, 0.3) is 0 Å². The number of rotatable bonds is 6. The van der Waals surface area contributed by atoms with Gasteiger partial charge in [0.05, 0.1) is 26.2 Å². The van der Waals surface area contributed by atoms with Crippen molar-refractivity contribution >= 4 is 30.8 Å². The van der Waals surface area contributed by atoms with Crippen LogP contribution in [-0.2, 0) is 22.5 Å². The van der Waals surface area contributed by atoms with Crippen molar-refractivity contribution in [3.05, 3.63) is 48.0 Å². The molecule has 23 heavy (non-hydrogen) atoms. The minimum absolute atomic E-state index is 0. The normalized spacial score (nSPS) is 10.9. The maximum Gasteiger partial charge on any atom is 0.323 e. The van der Waals surface area contributed by atoms with Crippen molar-refractivity contribution < 1.29 is 14.3 Å². The zero-order valence-electron chi connectivity index (χ0n) is 13.0. The summed E-state index contributed by atoms with van der Waals surface area (Å²) in [5.41, 5.74) is 7.59.